The number of hydrogen-bond acceptors (Lipinski definition) is 8. The molecule has 1 saturated heterocycles. The second-order valence-electron chi connectivity index (χ2n) is 11.7. The van der Waals surface area contributed by atoms with Gasteiger partial charge in [-0.15, -0.1) is 0 Å². The van der Waals surface area contributed by atoms with Crippen LogP contribution < -0.4 is 5.73 Å². The van der Waals surface area contributed by atoms with Gasteiger partial charge in [0, 0.05) is 39.1 Å². The summed E-state index contributed by atoms with van der Waals surface area (Å²) in [5, 5.41) is 19.3. The highest BCUT2D eigenvalue weighted by Gasteiger charge is 2.40. The van der Waals surface area contributed by atoms with Crippen LogP contribution in [0.25, 0.3) is 0 Å². The van der Waals surface area contributed by atoms with Gasteiger partial charge in [0.05, 0.1) is 36.4 Å². The van der Waals surface area contributed by atoms with E-state index in [1.54, 1.807) is 18.9 Å². The topological polar surface area (TPSA) is 141 Å². The molecule has 0 aliphatic carbocycles. The van der Waals surface area contributed by atoms with Gasteiger partial charge in [0.15, 0.2) is 0 Å². The first-order valence-corrected chi connectivity index (χ1v) is 14.4. The largest absolute Gasteiger partial charge is 0.481 e. The van der Waals surface area contributed by atoms with Gasteiger partial charge in [-0.2, -0.15) is 0 Å². The number of aliphatic hydroxyl groups is 1. The van der Waals surface area contributed by atoms with Crippen molar-refractivity contribution in [3.8, 4) is 0 Å². The number of methoxy groups -OCH3 is 1. The van der Waals surface area contributed by atoms with Crippen LogP contribution in [-0.4, -0.2) is 96.1 Å². The zero-order chi connectivity index (χ0) is 30.6. The van der Waals surface area contributed by atoms with E-state index in [0.29, 0.717) is 26.1 Å². The van der Waals surface area contributed by atoms with E-state index in [0.717, 1.165) is 12.0 Å². The van der Waals surface area contributed by atoms with E-state index in [1.165, 1.54) is 0 Å². The lowest BCUT2D eigenvalue weighted by atomic mass is 9.85. The lowest BCUT2D eigenvalue weighted by Crippen LogP contribution is -2.48. The minimum absolute atomic E-state index is 0.162. The van der Waals surface area contributed by atoms with Crippen LogP contribution in [0, 0.1) is 11.8 Å². The number of carbonyl (C=O) groups excluding carboxylic acids is 1. The molecule has 4 N–H and O–H groups in total. The molecule has 1 aliphatic heterocycles. The molecule has 1 heterocycles. The third kappa shape index (κ3) is 11.9. The number of allylic oxidation sites excluding steroid dienone is 3. The first-order chi connectivity index (χ1) is 18.6. The van der Waals surface area contributed by atoms with Crippen molar-refractivity contribution in [1.29, 1.82) is 0 Å². The van der Waals surface area contributed by atoms with Crippen molar-refractivity contribution in [2.45, 2.75) is 117 Å². The molecule has 1 amide bonds. The highest BCUT2D eigenvalue weighted by Crippen LogP contribution is 2.33. The molecule has 0 spiro atoms. The lowest BCUT2D eigenvalue weighted by Gasteiger charge is -2.40. The van der Waals surface area contributed by atoms with Gasteiger partial charge in [-0.05, 0) is 59.5 Å². The first kappa shape index (κ1) is 36.0. The van der Waals surface area contributed by atoms with Crippen molar-refractivity contribution in [3.63, 3.8) is 0 Å². The molecule has 0 aromatic carbocycles. The molecule has 1 unspecified atom stereocenters. The van der Waals surface area contributed by atoms with E-state index in [2.05, 4.69) is 13.0 Å². The molecule has 232 valence electrons. The Morgan fingerprint density at radius 3 is 2.42 bits per heavy atom. The fourth-order valence-electron chi connectivity index (χ4n) is 5.53. The number of likely N-dealkylation sites (N-methyl/N-ethyl adjacent to an activating group) is 1. The highest BCUT2D eigenvalue weighted by atomic mass is 16.6. The predicted octanol–water partition coefficient (Wildman–Crippen LogP) is 4.15. The monoisotopic (exact) mass is 570 g/mol. The molecule has 0 aromatic rings. The number of carboxylic acid groups (broad SMARTS) is 1. The van der Waals surface area contributed by atoms with Gasteiger partial charge in [0.25, 0.3) is 0 Å². The third-order valence-electron chi connectivity index (χ3n) is 7.37. The number of aliphatic carboxylic acids is 1. The Kier molecular flexibility index (Phi) is 15.4. The zero-order valence-electron chi connectivity index (χ0n) is 26.0. The van der Waals surface area contributed by atoms with Crippen molar-refractivity contribution < 1.29 is 38.7 Å². The number of carbonyl (C=O) groups is 2. The number of amides is 1. The Morgan fingerprint density at radius 2 is 1.90 bits per heavy atom. The predicted molar refractivity (Wildman–Crippen MR) is 155 cm³/mol. The normalized spacial score (nSPS) is 25.3. The molecular formula is C30H54N2O8. The van der Waals surface area contributed by atoms with Gasteiger partial charge in [0.1, 0.15) is 12.2 Å². The van der Waals surface area contributed by atoms with Crippen LogP contribution in [0.1, 0.15) is 74.7 Å². The number of nitrogens with zero attached hydrogens (tertiary/aromatic N) is 1. The van der Waals surface area contributed by atoms with Gasteiger partial charge < -0.3 is 39.8 Å². The number of aliphatic hydroxyl groups excluding tert-OH is 1. The SMILES string of the molecule is CCN(CCN)C(=O)O[C@@H]1C[C@H](CC(=O)O)O[C@H](/C(C)=C/C=C/[C@@H](C)CC(C)(C)OC(C)[C@@H](OC)[C@@H](C)O)[C@H]1C. The summed E-state index contributed by atoms with van der Waals surface area (Å²) in [5.74, 6) is -0.926. The van der Waals surface area contributed by atoms with Crippen LogP contribution in [-0.2, 0) is 23.7 Å². The van der Waals surface area contributed by atoms with E-state index in [1.807, 2.05) is 53.7 Å². The molecule has 10 nitrogen and oxygen atoms in total. The summed E-state index contributed by atoms with van der Waals surface area (Å²) >= 11 is 0. The number of nitrogens with two attached hydrogens (primary N) is 1. The fraction of sp³-hybridized carbons (Fsp3) is 0.800. The Bertz CT molecular complexity index is 844. The molecule has 1 aliphatic rings. The van der Waals surface area contributed by atoms with E-state index in [4.69, 9.17) is 24.7 Å². The van der Waals surface area contributed by atoms with E-state index >= 15 is 0 Å². The molecule has 0 bridgehead atoms. The van der Waals surface area contributed by atoms with E-state index in [-0.39, 0.29) is 24.4 Å². The average molecular weight is 571 g/mol. The number of ether oxygens (including phenoxy) is 4. The summed E-state index contributed by atoms with van der Waals surface area (Å²) in [7, 11) is 1.57. The zero-order valence-corrected chi connectivity index (χ0v) is 26.0. The van der Waals surface area contributed by atoms with Crippen LogP contribution in [0.3, 0.4) is 0 Å². The third-order valence-corrected chi connectivity index (χ3v) is 7.37. The van der Waals surface area contributed by atoms with Crippen LogP contribution in [0.2, 0.25) is 0 Å². The molecule has 0 saturated carbocycles. The average Bonchev–Trinajstić information content (AvgIpc) is 2.83. The van der Waals surface area contributed by atoms with Gasteiger partial charge in [-0.25, -0.2) is 4.79 Å². The van der Waals surface area contributed by atoms with Crippen LogP contribution >= 0.6 is 0 Å². The van der Waals surface area contributed by atoms with Crippen LogP contribution in [0.15, 0.2) is 23.8 Å². The Hall–Kier alpha value is -1.98. The summed E-state index contributed by atoms with van der Waals surface area (Å²) in [6.07, 6.45) is 3.74. The maximum atomic E-state index is 12.7. The number of hydrogen-bond donors (Lipinski definition) is 3. The van der Waals surface area contributed by atoms with E-state index < -0.39 is 48.2 Å². The molecule has 40 heavy (non-hydrogen) atoms. The molecule has 8 atom stereocenters. The summed E-state index contributed by atoms with van der Waals surface area (Å²) in [5.41, 5.74) is 6.11. The maximum absolute atomic E-state index is 12.7. The van der Waals surface area contributed by atoms with Gasteiger partial charge >= 0.3 is 12.1 Å². The van der Waals surface area contributed by atoms with Crippen LogP contribution in [0.5, 0.6) is 0 Å². The minimum atomic E-state index is -0.957. The molecular weight excluding hydrogens is 516 g/mol. The summed E-state index contributed by atoms with van der Waals surface area (Å²) < 4.78 is 23.7. The van der Waals surface area contributed by atoms with Crippen molar-refractivity contribution in [2.75, 3.05) is 26.7 Å². The summed E-state index contributed by atoms with van der Waals surface area (Å²) in [6, 6.07) is 0. The number of rotatable bonds is 16. The second-order valence-corrected chi connectivity index (χ2v) is 11.7. The number of carboxylic acids is 1. The lowest BCUT2D eigenvalue weighted by molar-refractivity contribution is -0.151. The van der Waals surface area contributed by atoms with Crippen LogP contribution in [0.4, 0.5) is 4.79 Å². The van der Waals surface area contributed by atoms with Gasteiger partial charge in [-0.1, -0.05) is 32.1 Å². The Morgan fingerprint density at radius 1 is 1.25 bits per heavy atom. The summed E-state index contributed by atoms with van der Waals surface area (Å²) in [4.78, 5) is 25.7. The van der Waals surface area contributed by atoms with Crippen molar-refractivity contribution in [2.24, 2.45) is 17.6 Å². The van der Waals surface area contributed by atoms with Gasteiger partial charge in [0.2, 0.25) is 0 Å². The summed E-state index contributed by atoms with van der Waals surface area (Å²) in [6.45, 7) is 16.7. The Balaban J connectivity index is 2.94. The standard InChI is InChI=1S/C30H54N2O8/c1-10-32(15-14-31)29(36)39-25-16-24(17-26(34)35)38-27(21(25)4)20(3)13-11-12-19(2)18-30(7,8)40-23(6)28(37-9)22(5)33/h11-13,19,21-25,27-28,33H,10,14-18,31H2,1-9H3,(H,34,35)/b12-11+,20-13+/t19-,21+,22-,23?,24-,25-,27-,28+/m1/s1. The molecule has 0 radical (unpaired) electrons. The molecule has 1 fully saturated rings. The van der Waals surface area contributed by atoms with E-state index in [9.17, 15) is 19.8 Å². The highest BCUT2D eigenvalue weighted by molar-refractivity contribution is 5.68. The Labute approximate surface area is 240 Å². The van der Waals surface area contributed by atoms with Crippen molar-refractivity contribution in [3.05, 3.63) is 23.8 Å². The molecule has 0 aromatic heterocycles. The second kappa shape index (κ2) is 17.1. The molecule has 10 heteroatoms. The quantitative estimate of drug-likeness (QED) is 0.233. The molecule has 1 rings (SSSR count). The first-order valence-electron chi connectivity index (χ1n) is 14.4. The van der Waals surface area contributed by atoms with Crippen molar-refractivity contribution >= 4 is 12.1 Å². The fourth-order valence-corrected chi connectivity index (χ4v) is 5.53. The maximum Gasteiger partial charge on any atom is 0.410 e. The van der Waals surface area contributed by atoms with Gasteiger partial charge in [-0.3, -0.25) is 4.79 Å². The smallest absolute Gasteiger partial charge is 0.410 e. The van der Waals surface area contributed by atoms with Crippen molar-refractivity contribution in [1.82, 2.24) is 4.90 Å². The minimum Gasteiger partial charge on any atom is -0.481 e.